The van der Waals surface area contributed by atoms with Gasteiger partial charge in [0, 0.05) is 24.0 Å². The average molecular weight is 521 g/mol. The number of fused-ring (bicyclic) bond motifs is 3. The fourth-order valence-corrected chi connectivity index (χ4v) is 6.11. The van der Waals surface area contributed by atoms with Crippen LogP contribution in [0.3, 0.4) is 0 Å². The molecule has 3 aliphatic rings. The van der Waals surface area contributed by atoms with Gasteiger partial charge in [0.15, 0.2) is 0 Å². The number of alkyl carbamates (subject to hydrolysis) is 1. The molecule has 0 spiro atoms. The Kier molecular flexibility index (Phi) is 7.07. The lowest BCUT2D eigenvalue weighted by molar-refractivity contribution is -0.141. The molecule has 8 heteroatoms. The zero-order valence-corrected chi connectivity index (χ0v) is 22.2. The number of carbonyl (C=O) groups excluding carboxylic acids is 2. The monoisotopic (exact) mass is 520 g/mol. The largest absolute Gasteiger partial charge is 0.481 e. The molecule has 202 valence electrons. The summed E-state index contributed by atoms with van der Waals surface area (Å²) in [5, 5.41) is 12.4. The van der Waals surface area contributed by atoms with Crippen LogP contribution in [0.25, 0.3) is 11.1 Å². The van der Waals surface area contributed by atoms with Crippen LogP contribution in [0.4, 0.5) is 9.59 Å². The van der Waals surface area contributed by atoms with Crippen molar-refractivity contribution in [3.8, 4) is 11.1 Å². The van der Waals surface area contributed by atoms with E-state index in [0.717, 1.165) is 22.3 Å². The summed E-state index contributed by atoms with van der Waals surface area (Å²) >= 11 is 0. The Labute approximate surface area is 223 Å². The van der Waals surface area contributed by atoms with Crippen LogP contribution < -0.4 is 5.32 Å². The molecule has 5 rings (SSSR count). The highest BCUT2D eigenvalue weighted by molar-refractivity contribution is 5.79. The Morgan fingerprint density at radius 3 is 2.08 bits per heavy atom. The lowest BCUT2D eigenvalue weighted by atomic mass is 9.84. The molecular weight excluding hydrogens is 484 g/mol. The van der Waals surface area contributed by atoms with Crippen LogP contribution in [0.5, 0.6) is 0 Å². The maximum absolute atomic E-state index is 13.6. The number of nitrogens with zero attached hydrogens (tertiary/aromatic N) is 1. The molecule has 2 amide bonds. The summed E-state index contributed by atoms with van der Waals surface area (Å²) in [6.07, 6.45) is 1.86. The number of carboxylic acids is 1. The van der Waals surface area contributed by atoms with Gasteiger partial charge in [-0.2, -0.15) is 0 Å². The minimum atomic E-state index is -0.821. The Bertz CT molecular complexity index is 1170. The fourth-order valence-electron chi connectivity index (χ4n) is 6.11. The molecule has 0 radical (unpaired) electrons. The summed E-state index contributed by atoms with van der Waals surface area (Å²) in [6, 6.07) is 16.0. The number of aliphatic carboxylic acids is 1. The topological polar surface area (TPSA) is 105 Å². The lowest BCUT2D eigenvalue weighted by Gasteiger charge is -2.45. The maximum atomic E-state index is 13.6. The number of amides is 2. The second kappa shape index (κ2) is 10.3. The molecule has 2 atom stereocenters. The molecule has 0 unspecified atom stereocenters. The highest BCUT2D eigenvalue weighted by Gasteiger charge is 2.45. The van der Waals surface area contributed by atoms with Crippen molar-refractivity contribution in [2.45, 2.75) is 82.5 Å². The maximum Gasteiger partial charge on any atom is 0.410 e. The first-order chi connectivity index (χ1) is 18.1. The first kappa shape index (κ1) is 26.1. The number of benzene rings is 2. The van der Waals surface area contributed by atoms with Crippen molar-refractivity contribution in [1.29, 1.82) is 0 Å². The number of hydrogen-bond acceptors (Lipinski definition) is 5. The molecule has 2 fully saturated rings. The van der Waals surface area contributed by atoms with Crippen LogP contribution in [0.1, 0.15) is 69.9 Å². The van der Waals surface area contributed by atoms with Gasteiger partial charge >= 0.3 is 18.2 Å². The number of nitrogens with one attached hydrogen (secondary N) is 1. The number of ether oxygens (including phenoxy) is 2. The minimum absolute atomic E-state index is 0.0495. The summed E-state index contributed by atoms with van der Waals surface area (Å²) < 4.78 is 11.3. The van der Waals surface area contributed by atoms with E-state index in [1.54, 1.807) is 4.90 Å². The quantitative estimate of drug-likeness (QED) is 0.518. The number of rotatable bonds is 6. The Hall–Kier alpha value is -3.55. The van der Waals surface area contributed by atoms with E-state index >= 15 is 0 Å². The van der Waals surface area contributed by atoms with Gasteiger partial charge in [-0.25, -0.2) is 9.59 Å². The predicted molar refractivity (Wildman–Crippen MR) is 142 cm³/mol. The second-order valence-electron chi connectivity index (χ2n) is 11.7. The summed E-state index contributed by atoms with van der Waals surface area (Å²) in [7, 11) is 0. The molecule has 0 bridgehead atoms. The van der Waals surface area contributed by atoms with Gasteiger partial charge < -0.3 is 24.8 Å². The zero-order valence-electron chi connectivity index (χ0n) is 22.2. The summed E-state index contributed by atoms with van der Waals surface area (Å²) in [5.41, 5.74) is 4.03. The van der Waals surface area contributed by atoms with Gasteiger partial charge in [-0.05, 0) is 75.1 Å². The molecular formula is C30H36N2O6. The van der Waals surface area contributed by atoms with Crippen LogP contribution in [-0.4, -0.2) is 58.5 Å². The van der Waals surface area contributed by atoms with Crippen molar-refractivity contribution < 1.29 is 29.0 Å². The van der Waals surface area contributed by atoms with Crippen molar-refractivity contribution in [2.24, 2.45) is 5.92 Å². The van der Waals surface area contributed by atoms with Crippen LogP contribution in [0.2, 0.25) is 0 Å². The molecule has 0 heterocycles. The van der Waals surface area contributed by atoms with Crippen molar-refractivity contribution in [3.05, 3.63) is 59.7 Å². The van der Waals surface area contributed by atoms with Gasteiger partial charge in [-0.15, -0.1) is 0 Å². The van der Waals surface area contributed by atoms with Gasteiger partial charge in [0.1, 0.15) is 12.2 Å². The lowest BCUT2D eigenvalue weighted by Crippen LogP contribution is -2.58. The van der Waals surface area contributed by atoms with E-state index in [-0.39, 0.29) is 30.7 Å². The third-order valence-corrected chi connectivity index (χ3v) is 7.92. The normalized spacial score (nSPS) is 24.1. The third kappa shape index (κ3) is 5.35. The minimum Gasteiger partial charge on any atom is -0.481 e. The van der Waals surface area contributed by atoms with Crippen molar-refractivity contribution in [1.82, 2.24) is 10.2 Å². The average Bonchev–Trinajstić information content (AvgIpc) is 3.44. The van der Waals surface area contributed by atoms with E-state index in [0.29, 0.717) is 32.1 Å². The van der Waals surface area contributed by atoms with Gasteiger partial charge in [0.05, 0.1) is 5.92 Å². The van der Waals surface area contributed by atoms with Gasteiger partial charge in [-0.3, -0.25) is 4.79 Å². The predicted octanol–water partition coefficient (Wildman–Crippen LogP) is 5.55. The molecule has 2 saturated carbocycles. The van der Waals surface area contributed by atoms with E-state index in [1.807, 2.05) is 45.0 Å². The van der Waals surface area contributed by atoms with Crippen LogP contribution in [-0.2, 0) is 14.3 Å². The molecule has 2 N–H and O–H groups in total. The first-order valence-electron chi connectivity index (χ1n) is 13.5. The van der Waals surface area contributed by atoms with Crippen LogP contribution in [0.15, 0.2) is 48.5 Å². The number of carboxylic acid groups (broad SMARTS) is 1. The van der Waals surface area contributed by atoms with E-state index < -0.39 is 29.7 Å². The molecule has 0 aliphatic heterocycles. The SMILES string of the molecule is CC(C)(C)OC(=O)NC1CC(N(C(=O)OCC2c3ccccc3-c3ccccc32)[C@@H]2CC[C@H](C(=O)O)C2)C1. The van der Waals surface area contributed by atoms with E-state index in [2.05, 4.69) is 29.6 Å². The van der Waals surface area contributed by atoms with Gasteiger partial charge in [0.2, 0.25) is 0 Å². The van der Waals surface area contributed by atoms with E-state index in [9.17, 15) is 19.5 Å². The molecule has 3 aliphatic carbocycles. The molecule has 2 aromatic carbocycles. The molecule has 8 nitrogen and oxygen atoms in total. The molecule has 38 heavy (non-hydrogen) atoms. The summed E-state index contributed by atoms with van der Waals surface area (Å²) in [6.45, 7) is 5.65. The fraction of sp³-hybridized carbons (Fsp3) is 0.500. The van der Waals surface area contributed by atoms with E-state index in [1.165, 1.54) is 0 Å². The standard InChI is InChI=1S/C30H36N2O6/c1-30(2,3)38-28(35)31-19-15-21(16-19)32(20-13-12-18(14-20)27(33)34)29(36)37-17-26-24-10-6-4-8-22(24)23-9-5-7-11-25(23)26/h4-11,18-21,26H,12-17H2,1-3H3,(H,31,35)(H,33,34)/t18-,19?,20+,21?/m0/s1. The third-order valence-electron chi connectivity index (χ3n) is 7.92. The van der Waals surface area contributed by atoms with Crippen LogP contribution in [0, 0.1) is 5.92 Å². The van der Waals surface area contributed by atoms with Crippen molar-refractivity contribution in [2.75, 3.05) is 6.61 Å². The Morgan fingerprint density at radius 1 is 0.921 bits per heavy atom. The van der Waals surface area contributed by atoms with Crippen LogP contribution >= 0.6 is 0 Å². The number of hydrogen-bond donors (Lipinski definition) is 2. The smallest absolute Gasteiger partial charge is 0.410 e. The summed E-state index contributed by atoms with van der Waals surface area (Å²) in [4.78, 5) is 39.1. The summed E-state index contributed by atoms with van der Waals surface area (Å²) in [5.74, 6) is -1.33. The second-order valence-corrected chi connectivity index (χ2v) is 11.7. The highest BCUT2D eigenvalue weighted by atomic mass is 16.6. The zero-order chi connectivity index (χ0) is 27.0. The molecule has 0 aromatic heterocycles. The van der Waals surface area contributed by atoms with Crippen molar-refractivity contribution >= 4 is 18.2 Å². The molecule has 0 saturated heterocycles. The van der Waals surface area contributed by atoms with Gasteiger partial charge in [-0.1, -0.05) is 48.5 Å². The van der Waals surface area contributed by atoms with Gasteiger partial charge in [0.25, 0.3) is 0 Å². The first-order valence-corrected chi connectivity index (χ1v) is 13.5. The number of carbonyl (C=O) groups is 3. The Balaban J connectivity index is 1.27. The molecule has 2 aromatic rings. The van der Waals surface area contributed by atoms with E-state index in [4.69, 9.17) is 9.47 Å². The Morgan fingerprint density at radius 2 is 1.53 bits per heavy atom. The van der Waals surface area contributed by atoms with Crippen molar-refractivity contribution in [3.63, 3.8) is 0 Å². The highest BCUT2D eigenvalue weighted by Crippen LogP contribution is 2.45.